The lowest BCUT2D eigenvalue weighted by Crippen LogP contribution is -2.09. The van der Waals surface area contributed by atoms with Gasteiger partial charge in [0.1, 0.15) is 5.75 Å². The van der Waals surface area contributed by atoms with E-state index in [1.54, 1.807) is 0 Å². The van der Waals surface area contributed by atoms with E-state index >= 15 is 0 Å². The summed E-state index contributed by atoms with van der Waals surface area (Å²) in [6, 6.07) is 14.6. The number of halogens is 1. The summed E-state index contributed by atoms with van der Waals surface area (Å²) in [6.45, 7) is 6.92. The Bertz CT molecular complexity index is 583. The van der Waals surface area contributed by atoms with E-state index in [9.17, 15) is 0 Å². The number of nitrogens with one attached hydrogen (secondary N) is 1. The minimum Gasteiger partial charge on any atom is -0.494 e. The average Bonchev–Trinajstić information content (AvgIpc) is 2.45. The summed E-state index contributed by atoms with van der Waals surface area (Å²) >= 11 is 3.64. The van der Waals surface area contributed by atoms with Gasteiger partial charge in [-0.3, -0.25) is 0 Å². The molecule has 0 saturated heterocycles. The van der Waals surface area contributed by atoms with Crippen molar-refractivity contribution < 1.29 is 4.74 Å². The lowest BCUT2D eigenvalue weighted by Gasteiger charge is -2.20. The van der Waals surface area contributed by atoms with Gasteiger partial charge in [-0.1, -0.05) is 30.3 Å². The number of hydrogen-bond donors (Lipinski definition) is 1. The molecule has 0 fully saturated rings. The van der Waals surface area contributed by atoms with E-state index in [1.807, 2.05) is 25.1 Å². The third-order valence-electron chi connectivity index (χ3n) is 3.25. The summed E-state index contributed by atoms with van der Waals surface area (Å²) in [5.74, 6) is 0.943. The highest BCUT2D eigenvalue weighted by atomic mass is 79.9. The first-order valence-corrected chi connectivity index (χ1v) is 7.66. The van der Waals surface area contributed by atoms with Gasteiger partial charge in [0.2, 0.25) is 0 Å². The van der Waals surface area contributed by atoms with Crippen LogP contribution in [0.3, 0.4) is 0 Å². The number of anilines is 1. The topological polar surface area (TPSA) is 21.3 Å². The standard InChI is InChI=1S/C17H20BrNO/c1-4-20-16-11-6-5-9-14(16)13(3)19-15-10-7-8-12(2)17(15)18/h5-11,13,19H,4H2,1-3H3. The Morgan fingerprint density at radius 3 is 2.65 bits per heavy atom. The van der Waals surface area contributed by atoms with Crippen LogP contribution >= 0.6 is 15.9 Å². The predicted molar refractivity (Wildman–Crippen MR) is 88.5 cm³/mol. The highest BCUT2D eigenvalue weighted by molar-refractivity contribution is 9.10. The zero-order chi connectivity index (χ0) is 14.5. The van der Waals surface area contributed by atoms with E-state index in [-0.39, 0.29) is 6.04 Å². The van der Waals surface area contributed by atoms with Crippen LogP contribution < -0.4 is 10.1 Å². The molecule has 0 bridgehead atoms. The maximum atomic E-state index is 5.70. The lowest BCUT2D eigenvalue weighted by molar-refractivity contribution is 0.335. The third-order valence-corrected chi connectivity index (χ3v) is 4.30. The Balaban J connectivity index is 2.24. The molecule has 0 saturated carbocycles. The summed E-state index contributed by atoms with van der Waals surface area (Å²) < 4.78 is 6.81. The Labute approximate surface area is 129 Å². The Kier molecular flexibility index (Phi) is 5.07. The van der Waals surface area contributed by atoms with Crippen LogP contribution in [-0.2, 0) is 0 Å². The maximum absolute atomic E-state index is 5.70. The van der Waals surface area contributed by atoms with Crippen molar-refractivity contribution in [3.63, 3.8) is 0 Å². The second-order valence-electron chi connectivity index (χ2n) is 4.77. The van der Waals surface area contributed by atoms with Crippen molar-refractivity contribution in [1.82, 2.24) is 0 Å². The minimum absolute atomic E-state index is 0.177. The van der Waals surface area contributed by atoms with Gasteiger partial charge in [-0.05, 0) is 54.4 Å². The van der Waals surface area contributed by atoms with Gasteiger partial charge in [0.25, 0.3) is 0 Å². The fourth-order valence-corrected chi connectivity index (χ4v) is 2.57. The van der Waals surface area contributed by atoms with Crippen LogP contribution in [0.4, 0.5) is 5.69 Å². The van der Waals surface area contributed by atoms with E-state index in [0.717, 1.165) is 15.9 Å². The molecule has 2 aromatic rings. The molecule has 2 rings (SSSR count). The molecule has 3 heteroatoms. The molecule has 0 aliphatic carbocycles. The van der Waals surface area contributed by atoms with Gasteiger partial charge in [0.15, 0.2) is 0 Å². The normalized spacial score (nSPS) is 12.0. The van der Waals surface area contributed by atoms with E-state index in [1.165, 1.54) is 11.1 Å². The zero-order valence-electron chi connectivity index (χ0n) is 12.1. The number of rotatable bonds is 5. The first kappa shape index (κ1) is 14.9. The van der Waals surface area contributed by atoms with Crippen LogP contribution in [0.15, 0.2) is 46.9 Å². The van der Waals surface area contributed by atoms with Crippen LogP contribution in [0, 0.1) is 6.92 Å². The molecule has 0 amide bonds. The van der Waals surface area contributed by atoms with E-state index in [4.69, 9.17) is 4.74 Å². The third kappa shape index (κ3) is 3.34. The van der Waals surface area contributed by atoms with Crippen LogP contribution in [0.2, 0.25) is 0 Å². The Morgan fingerprint density at radius 1 is 1.15 bits per heavy atom. The van der Waals surface area contributed by atoms with Crippen LogP contribution in [0.5, 0.6) is 5.75 Å². The highest BCUT2D eigenvalue weighted by Gasteiger charge is 2.12. The molecule has 0 aromatic heterocycles. The van der Waals surface area contributed by atoms with Crippen molar-refractivity contribution in [2.45, 2.75) is 26.8 Å². The van der Waals surface area contributed by atoms with Gasteiger partial charge in [0, 0.05) is 15.7 Å². The highest BCUT2D eigenvalue weighted by Crippen LogP contribution is 2.32. The number of ether oxygens (including phenoxy) is 1. The molecule has 2 aromatic carbocycles. The summed E-state index contributed by atoms with van der Waals surface area (Å²) in [4.78, 5) is 0. The fourth-order valence-electron chi connectivity index (χ4n) is 2.20. The van der Waals surface area contributed by atoms with Crippen molar-refractivity contribution >= 4 is 21.6 Å². The second-order valence-corrected chi connectivity index (χ2v) is 5.57. The largest absolute Gasteiger partial charge is 0.494 e. The van der Waals surface area contributed by atoms with Crippen molar-refractivity contribution in [2.75, 3.05) is 11.9 Å². The van der Waals surface area contributed by atoms with Crippen LogP contribution in [-0.4, -0.2) is 6.61 Å². The molecule has 106 valence electrons. The lowest BCUT2D eigenvalue weighted by atomic mass is 10.1. The minimum atomic E-state index is 0.177. The van der Waals surface area contributed by atoms with Gasteiger partial charge in [-0.15, -0.1) is 0 Å². The number of aryl methyl sites for hydroxylation is 1. The first-order chi connectivity index (χ1) is 9.63. The summed E-state index contributed by atoms with van der Waals surface area (Å²) in [5, 5.41) is 3.54. The zero-order valence-corrected chi connectivity index (χ0v) is 13.7. The van der Waals surface area contributed by atoms with Crippen molar-refractivity contribution in [1.29, 1.82) is 0 Å². The molecule has 0 aliphatic rings. The molecule has 0 radical (unpaired) electrons. The second kappa shape index (κ2) is 6.80. The number of para-hydroxylation sites is 1. The first-order valence-electron chi connectivity index (χ1n) is 6.86. The van der Waals surface area contributed by atoms with E-state index < -0.39 is 0 Å². The molecule has 2 nitrogen and oxygen atoms in total. The van der Waals surface area contributed by atoms with Crippen molar-refractivity contribution in [3.05, 3.63) is 58.1 Å². The van der Waals surface area contributed by atoms with E-state index in [2.05, 4.69) is 59.4 Å². The monoisotopic (exact) mass is 333 g/mol. The van der Waals surface area contributed by atoms with Crippen LogP contribution in [0.1, 0.15) is 31.0 Å². The molecule has 1 N–H and O–H groups in total. The molecular weight excluding hydrogens is 314 g/mol. The Hall–Kier alpha value is -1.48. The smallest absolute Gasteiger partial charge is 0.124 e. The quantitative estimate of drug-likeness (QED) is 0.798. The molecule has 1 atom stereocenters. The van der Waals surface area contributed by atoms with Gasteiger partial charge < -0.3 is 10.1 Å². The molecule has 20 heavy (non-hydrogen) atoms. The Morgan fingerprint density at radius 2 is 1.90 bits per heavy atom. The summed E-state index contributed by atoms with van der Waals surface area (Å²) in [6.07, 6.45) is 0. The predicted octanol–water partition coefficient (Wildman–Crippen LogP) is 5.33. The average molecular weight is 334 g/mol. The SMILES string of the molecule is CCOc1ccccc1C(C)Nc1cccc(C)c1Br. The van der Waals surface area contributed by atoms with Gasteiger partial charge in [0.05, 0.1) is 12.6 Å². The van der Waals surface area contributed by atoms with Gasteiger partial charge >= 0.3 is 0 Å². The van der Waals surface area contributed by atoms with Gasteiger partial charge in [-0.25, -0.2) is 0 Å². The number of hydrogen-bond acceptors (Lipinski definition) is 2. The van der Waals surface area contributed by atoms with Crippen molar-refractivity contribution in [2.24, 2.45) is 0 Å². The summed E-state index contributed by atoms with van der Waals surface area (Å²) in [5.41, 5.74) is 3.49. The summed E-state index contributed by atoms with van der Waals surface area (Å²) in [7, 11) is 0. The molecular formula is C17H20BrNO. The molecule has 0 aliphatic heterocycles. The van der Waals surface area contributed by atoms with Crippen LogP contribution in [0.25, 0.3) is 0 Å². The molecule has 0 heterocycles. The fraction of sp³-hybridized carbons (Fsp3) is 0.294. The van der Waals surface area contributed by atoms with Gasteiger partial charge in [-0.2, -0.15) is 0 Å². The maximum Gasteiger partial charge on any atom is 0.124 e. The number of benzene rings is 2. The van der Waals surface area contributed by atoms with E-state index in [0.29, 0.717) is 6.61 Å². The molecule has 0 spiro atoms. The molecule has 1 unspecified atom stereocenters. The van der Waals surface area contributed by atoms with Crippen molar-refractivity contribution in [3.8, 4) is 5.75 Å².